The molecule has 2 nitrogen and oxygen atoms in total. The third kappa shape index (κ3) is 3.35. The SMILES string of the molecule is C=C/C=C(\C=C)c1ccccc1C(O)c1ccc(OC)cc1. The van der Waals surface area contributed by atoms with E-state index in [0.717, 1.165) is 28.0 Å². The van der Waals surface area contributed by atoms with E-state index in [1.54, 1.807) is 19.3 Å². The maximum Gasteiger partial charge on any atom is 0.118 e. The Morgan fingerprint density at radius 2 is 1.77 bits per heavy atom. The zero-order chi connectivity index (χ0) is 15.9. The maximum absolute atomic E-state index is 10.7. The number of hydrogen-bond acceptors (Lipinski definition) is 2. The highest BCUT2D eigenvalue weighted by Crippen LogP contribution is 2.30. The Balaban J connectivity index is 2.45. The minimum atomic E-state index is -0.713. The van der Waals surface area contributed by atoms with Crippen molar-refractivity contribution in [3.63, 3.8) is 0 Å². The van der Waals surface area contributed by atoms with Crippen LogP contribution in [0, 0.1) is 0 Å². The van der Waals surface area contributed by atoms with Gasteiger partial charge in [0, 0.05) is 0 Å². The van der Waals surface area contributed by atoms with Gasteiger partial charge >= 0.3 is 0 Å². The molecule has 0 saturated heterocycles. The highest BCUT2D eigenvalue weighted by Gasteiger charge is 2.15. The lowest BCUT2D eigenvalue weighted by molar-refractivity contribution is 0.220. The van der Waals surface area contributed by atoms with Crippen molar-refractivity contribution in [2.75, 3.05) is 7.11 Å². The molecule has 0 bridgehead atoms. The van der Waals surface area contributed by atoms with Crippen molar-refractivity contribution >= 4 is 5.57 Å². The highest BCUT2D eigenvalue weighted by atomic mass is 16.5. The molecule has 0 aliphatic carbocycles. The first-order chi connectivity index (χ1) is 10.7. The van der Waals surface area contributed by atoms with E-state index >= 15 is 0 Å². The van der Waals surface area contributed by atoms with E-state index in [2.05, 4.69) is 13.2 Å². The third-order valence-corrected chi connectivity index (χ3v) is 3.52. The molecule has 0 radical (unpaired) electrons. The van der Waals surface area contributed by atoms with Crippen molar-refractivity contribution in [1.82, 2.24) is 0 Å². The van der Waals surface area contributed by atoms with Crippen LogP contribution in [0.1, 0.15) is 22.8 Å². The van der Waals surface area contributed by atoms with Gasteiger partial charge in [-0.1, -0.05) is 67.8 Å². The fourth-order valence-electron chi connectivity index (χ4n) is 2.36. The first-order valence-corrected chi connectivity index (χ1v) is 7.07. The number of methoxy groups -OCH3 is 1. The molecule has 0 amide bonds. The summed E-state index contributed by atoms with van der Waals surface area (Å²) in [5.41, 5.74) is 3.52. The largest absolute Gasteiger partial charge is 0.497 e. The van der Waals surface area contributed by atoms with Gasteiger partial charge in [-0.2, -0.15) is 0 Å². The summed E-state index contributed by atoms with van der Waals surface area (Å²) in [4.78, 5) is 0. The van der Waals surface area contributed by atoms with E-state index in [1.807, 2.05) is 54.6 Å². The second-order valence-electron chi connectivity index (χ2n) is 4.82. The van der Waals surface area contributed by atoms with E-state index in [-0.39, 0.29) is 0 Å². The van der Waals surface area contributed by atoms with Crippen LogP contribution in [-0.4, -0.2) is 12.2 Å². The van der Waals surface area contributed by atoms with Crippen molar-refractivity contribution in [3.05, 3.63) is 96.6 Å². The molecule has 0 heterocycles. The molecular formula is C20H20O2. The van der Waals surface area contributed by atoms with Gasteiger partial charge in [0.2, 0.25) is 0 Å². The third-order valence-electron chi connectivity index (χ3n) is 3.52. The van der Waals surface area contributed by atoms with Crippen LogP contribution >= 0.6 is 0 Å². The molecule has 112 valence electrons. The molecule has 0 aliphatic heterocycles. The molecule has 2 aromatic carbocycles. The van der Waals surface area contributed by atoms with Crippen LogP contribution in [0.2, 0.25) is 0 Å². The van der Waals surface area contributed by atoms with Gasteiger partial charge in [0.05, 0.1) is 7.11 Å². The summed E-state index contributed by atoms with van der Waals surface area (Å²) in [5, 5.41) is 10.7. The van der Waals surface area contributed by atoms with E-state index in [1.165, 1.54) is 0 Å². The lowest BCUT2D eigenvalue weighted by Gasteiger charge is -2.17. The average Bonchev–Trinajstić information content (AvgIpc) is 2.59. The van der Waals surface area contributed by atoms with E-state index < -0.39 is 6.10 Å². The Hall–Kier alpha value is -2.58. The van der Waals surface area contributed by atoms with Gasteiger partial charge in [-0.25, -0.2) is 0 Å². The quantitative estimate of drug-likeness (QED) is 0.792. The summed E-state index contributed by atoms with van der Waals surface area (Å²) in [6.07, 6.45) is 4.65. The van der Waals surface area contributed by atoms with Crippen molar-refractivity contribution in [2.45, 2.75) is 6.10 Å². The topological polar surface area (TPSA) is 29.5 Å². The van der Waals surface area contributed by atoms with Crippen LogP contribution in [0.5, 0.6) is 5.75 Å². The summed E-state index contributed by atoms with van der Waals surface area (Å²) in [7, 11) is 1.62. The molecule has 2 rings (SSSR count). The van der Waals surface area contributed by atoms with E-state index in [4.69, 9.17) is 4.74 Å². The zero-order valence-electron chi connectivity index (χ0n) is 12.7. The van der Waals surface area contributed by atoms with Crippen molar-refractivity contribution in [3.8, 4) is 5.75 Å². The fourth-order valence-corrected chi connectivity index (χ4v) is 2.36. The molecule has 0 spiro atoms. The second-order valence-corrected chi connectivity index (χ2v) is 4.82. The van der Waals surface area contributed by atoms with Crippen molar-refractivity contribution < 1.29 is 9.84 Å². The Bertz CT molecular complexity index is 681. The number of aliphatic hydroxyl groups excluding tert-OH is 1. The first-order valence-electron chi connectivity index (χ1n) is 7.07. The van der Waals surface area contributed by atoms with Gasteiger partial charge in [0.15, 0.2) is 0 Å². The zero-order valence-corrected chi connectivity index (χ0v) is 12.7. The number of ether oxygens (including phenoxy) is 1. The Morgan fingerprint density at radius 3 is 2.36 bits per heavy atom. The van der Waals surface area contributed by atoms with Gasteiger partial charge in [0.1, 0.15) is 11.9 Å². The fraction of sp³-hybridized carbons (Fsp3) is 0.100. The predicted molar refractivity (Wildman–Crippen MR) is 91.9 cm³/mol. The van der Waals surface area contributed by atoms with Crippen LogP contribution in [0.4, 0.5) is 0 Å². The van der Waals surface area contributed by atoms with Crippen LogP contribution in [0.25, 0.3) is 5.57 Å². The number of rotatable bonds is 6. The summed E-state index contributed by atoms with van der Waals surface area (Å²) >= 11 is 0. The van der Waals surface area contributed by atoms with Crippen molar-refractivity contribution in [1.29, 1.82) is 0 Å². The summed E-state index contributed by atoms with van der Waals surface area (Å²) in [6, 6.07) is 15.2. The minimum absolute atomic E-state index is 0.713. The standard InChI is InChI=1S/C20H20O2/c1-4-8-15(5-2)18-9-6-7-10-19(18)20(21)16-11-13-17(22-3)14-12-16/h4-14,20-21H,1-2H2,3H3/b15-8+. The van der Waals surface area contributed by atoms with Crippen LogP contribution in [0.15, 0.2) is 79.9 Å². The molecular weight excluding hydrogens is 272 g/mol. The molecule has 1 N–H and O–H groups in total. The second kappa shape index (κ2) is 7.43. The first kappa shape index (κ1) is 15.8. The number of hydrogen-bond donors (Lipinski definition) is 1. The molecule has 0 aliphatic rings. The van der Waals surface area contributed by atoms with Crippen LogP contribution in [-0.2, 0) is 0 Å². The van der Waals surface area contributed by atoms with Crippen LogP contribution < -0.4 is 4.74 Å². The Kier molecular flexibility index (Phi) is 5.34. The number of allylic oxidation sites excluding steroid dienone is 4. The van der Waals surface area contributed by atoms with Gasteiger partial charge < -0.3 is 9.84 Å². The van der Waals surface area contributed by atoms with E-state index in [9.17, 15) is 5.11 Å². The molecule has 2 heteroatoms. The Labute approximate surface area is 131 Å². The van der Waals surface area contributed by atoms with Crippen molar-refractivity contribution in [2.24, 2.45) is 0 Å². The monoisotopic (exact) mass is 292 g/mol. The van der Waals surface area contributed by atoms with Crippen LogP contribution in [0.3, 0.4) is 0 Å². The maximum atomic E-state index is 10.7. The molecule has 0 saturated carbocycles. The van der Waals surface area contributed by atoms with Gasteiger partial charge in [-0.3, -0.25) is 0 Å². The summed E-state index contributed by atoms with van der Waals surface area (Å²) in [5.74, 6) is 0.766. The molecule has 0 fully saturated rings. The molecule has 22 heavy (non-hydrogen) atoms. The summed E-state index contributed by atoms with van der Waals surface area (Å²) in [6.45, 7) is 7.56. The predicted octanol–water partition coefficient (Wildman–Crippen LogP) is 4.53. The minimum Gasteiger partial charge on any atom is -0.497 e. The molecule has 2 aromatic rings. The number of benzene rings is 2. The smallest absolute Gasteiger partial charge is 0.118 e. The van der Waals surface area contributed by atoms with Gasteiger partial charge in [-0.05, 0) is 34.4 Å². The van der Waals surface area contributed by atoms with Gasteiger partial charge in [-0.15, -0.1) is 0 Å². The molecule has 0 aromatic heterocycles. The van der Waals surface area contributed by atoms with E-state index in [0.29, 0.717) is 0 Å². The average molecular weight is 292 g/mol. The lowest BCUT2D eigenvalue weighted by Crippen LogP contribution is -2.03. The molecule has 1 atom stereocenters. The number of aliphatic hydroxyl groups is 1. The lowest BCUT2D eigenvalue weighted by atomic mass is 9.92. The normalized spacial score (nSPS) is 12.5. The Morgan fingerprint density at radius 1 is 1.09 bits per heavy atom. The highest BCUT2D eigenvalue weighted by molar-refractivity contribution is 5.77. The summed E-state index contributed by atoms with van der Waals surface area (Å²) < 4.78 is 5.15. The van der Waals surface area contributed by atoms with Gasteiger partial charge in [0.25, 0.3) is 0 Å². The molecule has 1 unspecified atom stereocenters.